The van der Waals surface area contributed by atoms with Crippen LogP contribution in [0.2, 0.25) is 0 Å². The van der Waals surface area contributed by atoms with Gasteiger partial charge in [-0.05, 0) is 36.8 Å². The van der Waals surface area contributed by atoms with E-state index < -0.39 is 0 Å². The van der Waals surface area contributed by atoms with Crippen molar-refractivity contribution in [2.45, 2.75) is 38.1 Å². The predicted molar refractivity (Wildman–Crippen MR) is 97.1 cm³/mol. The number of benzene rings is 1. The first-order chi connectivity index (χ1) is 11.9. The van der Waals surface area contributed by atoms with Gasteiger partial charge >= 0.3 is 0 Å². The molecule has 0 radical (unpaired) electrons. The van der Waals surface area contributed by atoms with E-state index in [0.717, 1.165) is 29.9 Å². The third-order valence-corrected chi connectivity index (χ3v) is 5.76. The number of nitrogens with one attached hydrogen (secondary N) is 1. The summed E-state index contributed by atoms with van der Waals surface area (Å²) in [4.78, 5) is 11.5. The number of rotatable bonds is 5. The fraction of sp³-hybridized carbons (Fsp3) is 0.316. The summed E-state index contributed by atoms with van der Waals surface area (Å²) >= 11 is 1.80. The fourth-order valence-electron chi connectivity index (χ4n) is 3.42. The Hall–Kier alpha value is -2.45. The van der Waals surface area contributed by atoms with Crippen molar-refractivity contribution in [1.29, 1.82) is 5.26 Å². The van der Waals surface area contributed by atoms with Gasteiger partial charge in [0.1, 0.15) is 17.0 Å². The molecule has 0 saturated heterocycles. The largest absolute Gasteiger partial charge is 0.363 e. The van der Waals surface area contributed by atoms with Gasteiger partial charge < -0.3 is 5.32 Å². The van der Waals surface area contributed by atoms with Crippen molar-refractivity contribution in [3.63, 3.8) is 0 Å². The van der Waals surface area contributed by atoms with Crippen LogP contribution in [0, 0.1) is 11.3 Å². The highest BCUT2D eigenvalue weighted by Crippen LogP contribution is 2.40. The van der Waals surface area contributed by atoms with Gasteiger partial charge in [-0.2, -0.15) is 5.26 Å². The lowest BCUT2D eigenvalue weighted by atomic mass is 10.0. The molecular weight excluding hydrogens is 316 g/mol. The molecule has 1 aromatic carbocycles. The summed E-state index contributed by atoms with van der Waals surface area (Å²) in [6.07, 6.45) is 6.42. The average molecular weight is 334 g/mol. The predicted octanol–water partition coefficient (Wildman–Crippen LogP) is 4.64. The van der Waals surface area contributed by atoms with E-state index in [1.807, 2.05) is 18.2 Å². The Balaban J connectivity index is 1.72. The average Bonchev–Trinajstić information content (AvgIpc) is 3.20. The number of hydrogen-bond donors (Lipinski definition) is 1. The minimum Gasteiger partial charge on any atom is -0.363 e. The molecule has 2 aromatic heterocycles. The first-order valence-corrected chi connectivity index (χ1v) is 9.12. The quantitative estimate of drug-likeness (QED) is 0.738. The van der Waals surface area contributed by atoms with E-state index in [1.54, 1.807) is 17.7 Å². The minimum atomic E-state index is 0.0842. The zero-order chi connectivity index (χ0) is 16.4. The third-order valence-electron chi connectivity index (χ3n) is 4.56. The van der Waals surface area contributed by atoms with Gasteiger partial charge in [-0.3, -0.25) is 0 Å². The normalized spacial score (nSPS) is 14.3. The van der Waals surface area contributed by atoms with Crippen molar-refractivity contribution < 1.29 is 0 Å². The number of thiophene rings is 1. The van der Waals surface area contributed by atoms with Crippen LogP contribution in [0.5, 0.6) is 0 Å². The molecule has 1 aliphatic carbocycles. The lowest BCUT2D eigenvalue weighted by Crippen LogP contribution is -2.12. The summed E-state index contributed by atoms with van der Waals surface area (Å²) < 4.78 is 0. The number of aryl methyl sites for hydroxylation is 2. The standard InChI is InChI=1S/C19H18N4S/c20-11-5-9-15(13-6-2-1-3-7-13)23-18-17-14-8-4-10-16(14)24-19(17)22-12-21-18/h1-3,6-7,12,15H,4-5,8-10H2,(H,21,22,23)/t15-/m0/s1. The van der Waals surface area contributed by atoms with Crippen LogP contribution >= 0.6 is 11.3 Å². The molecule has 0 aliphatic heterocycles. The number of nitriles is 1. The molecule has 4 nitrogen and oxygen atoms in total. The van der Waals surface area contributed by atoms with Crippen molar-refractivity contribution in [2.75, 3.05) is 5.32 Å². The van der Waals surface area contributed by atoms with Gasteiger partial charge in [0.05, 0.1) is 17.5 Å². The van der Waals surface area contributed by atoms with Crippen LogP contribution in [0.3, 0.4) is 0 Å². The van der Waals surface area contributed by atoms with Crippen molar-refractivity contribution >= 4 is 27.4 Å². The number of anilines is 1. The van der Waals surface area contributed by atoms with Crippen LogP contribution in [0.1, 0.15) is 41.3 Å². The number of fused-ring (bicyclic) bond motifs is 3. The van der Waals surface area contributed by atoms with Gasteiger partial charge in [-0.1, -0.05) is 30.3 Å². The Kier molecular flexibility index (Phi) is 4.14. The Morgan fingerprint density at radius 1 is 1.21 bits per heavy atom. The monoisotopic (exact) mass is 334 g/mol. The molecule has 5 heteroatoms. The maximum Gasteiger partial charge on any atom is 0.138 e. The highest BCUT2D eigenvalue weighted by atomic mass is 32.1. The summed E-state index contributed by atoms with van der Waals surface area (Å²) in [6.45, 7) is 0. The van der Waals surface area contributed by atoms with Crippen molar-refractivity contribution in [1.82, 2.24) is 9.97 Å². The van der Waals surface area contributed by atoms with Crippen LogP contribution in [-0.4, -0.2) is 9.97 Å². The van der Waals surface area contributed by atoms with E-state index in [1.165, 1.54) is 27.8 Å². The topological polar surface area (TPSA) is 61.6 Å². The molecule has 0 saturated carbocycles. The maximum absolute atomic E-state index is 8.99. The summed E-state index contributed by atoms with van der Waals surface area (Å²) in [5.74, 6) is 0.909. The molecule has 1 N–H and O–H groups in total. The van der Waals surface area contributed by atoms with Crippen molar-refractivity contribution in [2.24, 2.45) is 0 Å². The number of aromatic nitrogens is 2. The summed E-state index contributed by atoms with van der Waals surface area (Å²) in [7, 11) is 0. The fourth-order valence-corrected chi connectivity index (χ4v) is 4.65. The Morgan fingerprint density at radius 3 is 2.92 bits per heavy atom. The lowest BCUT2D eigenvalue weighted by molar-refractivity contribution is 0.706. The summed E-state index contributed by atoms with van der Waals surface area (Å²) in [6, 6.07) is 12.6. The van der Waals surface area contributed by atoms with E-state index in [0.29, 0.717) is 6.42 Å². The van der Waals surface area contributed by atoms with Crippen molar-refractivity contribution in [3.05, 3.63) is 52.7 Å². The van der Waals surface area contributed by atoms with Gasteiger partial charge in [0.15, 0.2) is 0 Å². The Morgan fingerprint density at radius 2 is 2.08 bits per heavy atom. The third kappa shape index (κ3) is 2.74. The zero-order valence-electron chi connectivity index (χ0n) is 13.3. The molecule has 2 heterocycles. The molecule has 0 fully saturated rings. The molecule has 1 atom stereocenters. The van der Waals surface area contributed by atoms with E-state index in [9.17, 15) is 0 Å². The smallest absolute Gasteiger partial charge is 0.138 e. The highest BCUT2D eigenvalue weighted by molar-refractivity contribution is 7.19. The molecule has 0 spiro atoms. The van der Waals surface area contributed by atoms with Crippen LogP contribution in [0.25, 0.3) is 10.2 Å². The van der Waals surface area contributed by atoms with E-state index in [4.69, 9.17) is 5.26 Å². The molecule has 1 aliphatic rings. The van der Waals surface area contributed by atoms with E-state index in [-0.39, 0.29) is 6.04 Å². The van der Waals surface area contributed by atoms with Gasteiger partial charge in [0.2, 0.25) is 0 Å². The van der Waals surface area contributed by atoms with Gasteiger partial charge in [-0.15, -0.1) is 11.3 Å². The Labute approximate surface area is 145 Å². The van der Waals surface area contributed by atoms with Gasteiger partial charge in [0.25, 0.3) is 0 Å². The molecule has 3 aromatic rings. The van der Waals surface area contributed by atoms with Crippen LogP contribution in [0.4, 0.5) is 5.82 Å². The SMILES string of the molecule is N#CCC[C@H](Nc1ncnc2sc3c(c12)CCC3)c1ccccc1. The molecular formula is C19H18N4S. The zero-order valence-corrected chi connectivity index (χ0v) is 14.1. The number of hydrogen-bond acceptors (Lipinski definition) is 5. The first kappa shape index (κ1) is 15.1. The second-order valence-corrected chi connectivity index (χ2v) is 7.15. The first-order valence-electron chi connectivity index (χ1n) is 8.30. The molecule has 24 heavy (non-hydrogen) atoms. The lowest BCUT2D eigenvalue weighted by Gasteiger charge is -2.19. The molecule has 0 bridgehead atoms. The van der Waals surface area contributed by atoms with Crippen LogP contribution in [0.15, 0.2) is 36.7 Å². The van der Waals surface area contributed by atoms with Crippen LogP contribution in [-0.2, 0) is 12.8 Å². The second-order valence-electron chi connectivity index (χ2n) is 6.06. The molecule has 0 amide bonds. The van der Waals surface area contributed by atoms with E-state index in [2.05, 4.69) is 33.5 Å². The molecule has 120 valence electrons. The van der Waals surface area contributed by atoms with Gasteiger partial charge in [0, 0.05) is 11.3 Å². The van der Waals surface area contributed by atoms with Crippen LogP contribution < -0.4 is 5.32 Å². The molecule has 4 rings (SSSR count). The maximum atomic E-state index is 8.99. The van der Waals surface area contributed by atoms with Crippen molar-refractivity contribution in [3.8, 4) is 6.07 Å². The van der Waals surface area contributed by atoms with Gasteiger partial charge in [-0.25, -0.2) is 9.97 Å². The summed E-state index contributed by atoms with van der Waals surface area (Å²) in [5.41, 5.74) is 2.61. The van der Waals surface area contributed by atoms with E-state index >= 15 is 0 Å². The minimum absolute atomic E-state index is 0.0842. The second kappa shape index (κ2) is 6.58. The number of nitrogens with zero attached hydrogens (tertiary/aromatic N) is 3. The highest BCUT2D eigenvalue weighted by Gasteiger charge is 2.22. The Bertz CT molecular complexity index is 895. The molecule has 0 unspecified atom stereocenters. The summed E-state index contributed by atoms with van der Waals surface area (Å²) in [5, 5.41) is 13.8.